The SMILES string of the molecule is CCc1ccc(NC(C)c2cc(F)ccc2F)cc1. The van der Waals surface area contributed by atoms with Gasteiger partial charge in [0.25, 0.3) is 0 Å². The fourth-order valence-corrected chi connectivity index (χ4v) is 2.01. The molecule has 0 aromatic heterocycles. The van der Waals surface area contributed by atoms with E-state index in [1.54, 1.807) is 0 Å². The van der Waals surface area contributed by atoms with Crippen LogP contribution in [-0.2, 0) is 6.42 Å². The first-order valence-electron chi connectivity index (χ1n) is 6.40. The Morgan fingerprint density at radius 3 is 2.37 bits per heavy atom. The second kappa shape index (κ2) is 5.83. The van der Waals surface area contributed by atoms with E-state index in [1.165, 1.54) is 11.6 Å². The van der Waals surface area contributed by atoms with E-state index in [0.29, 0.717) is 5.56 Å². The van der Waals surface area contributed by atoms with Crippen LogP contribution in [0.5, 0.6) is 0 Å². The van der Waals surface area contributed by atoms with E-state index in [4.69, 9.17) is 0 Å². The van der Waals surface area contributed by atoms with Crippen LogP contribution in [0.4, 0.5) is 14.5 Å². The maximum Gasteiger partial charge on any atom is 0.128 e. The van der Waals surface area contributed by atoms with Gasteiger partial charge in [-0.15, -0.1) is 0 Å². The van der Waals surface area contributed by atoms with E-state index < -0.39 is 11.6 Å². The second-order valence-corrected chi connectivity index (χ2v) is 4.58. The van der Waals surface area contributed by atoms with Gasteiger partial charge in [-0.25, -0.2) is 8.78 Å². The van der Waals surface area contributed by atoms with Crippen molar-refractivity contribution in [3.63, 3.8) is 0 Å². The molecule has 1 nitrogen and oxygen atoms in total. The van der Waals surface area contributed by atoms with Crippen molar-refractivity contribution in [2.75, 3.05) is 5.32 Å². The quantitative estimate of drug-likeness (QED) is 0.841. The minimum Gasteiger partial charge on any atom is -0.378 e. The van der Waals surface area contributed by atoms with Gasteiger partial charge in [0, 0.05) is 11.3 Å². The van der Waals surface area contributed by atoms with Crippen molar-refractivity contribution < 1.29 is 8.78 Å². The maximum absolute atomic E-state index is 13.6. The number of hydrogen-bond donors (Lipinski definition) is 1. The van der Waals surface area contributed by atoms with Gasteiger partial charge in [0.2, 0.25) is 0 Å². The largest absolute Gasteiger partial charge is 0.378 e. The van der Waals surface area contributed by atoms with Crippen LogP contribution in [0.3, 0.4) is 0 Å². The summed E-state index contributed by atoms with van der Waals surface area (Å²) in [6, 6.07) is 11.2. The Hall–Kier alpha value is -1.90. The topological polar surface area (TPSA) is 12.0 Å². The first-order valence-corrected chi connectivity index (χ1v) is 6.40. The summed E-state index contributed by atoms with van der Waals surface area (Å²) in [5.74, 6) is -0.821. The van der Waals surface area contributed by atoms with Crippen LogP contribution in [0.2, 0.25) is 0 Å². The Kier molecular flexibility index (Phi) is 4.15. The molecule has 0 aliphatic rings. The van der Waals surface area contributed by atoms with Gasteiger partial charge >= 0.3 is 0 Å². The van der Waals surface area contributed by atoms with Crippen LogP contribution in [0, 0.1) is 11.6 Å². The minimum absolute atomic E-state index is 0.289. The lowest BCUT2D eigenvalue weighted by Gasteiger charge is -2.16. The lowest BCUT2D eigenvalue weighted by atomic mass is 10.1. The van der Waals surface area contributed by atoms with Crippen molar-refractivity contribution >= 4 is 5.69 Å². The second-order valence-electron chi connectivity index (χ2n) is 4.58. The molecule has 100 valence electrons. The molecule has 0 aliphatic carbocycles. The van der Waals surface area contributed by atoms with Crippen molar-refractivity contribution in [3.8, 4) is 0 Å². The average Bonchev–Trinajstić information content (AvgIpc) is 2.42. The zero-order valence-corrected chi connectivity index (χ0v) is 11.1. The summed E-state index contributed by atoms with van der Waals surface area (Å²) in [6.07, 6.45) is 0.981. The number of benzene rings is 2. The van der Waals surface area contributed by atoms with Crippen molar-refractivity contribution in [2.24, 2.45) is 0 Å². The van der Waals surface area contributed by atoms with Gasteiger partial charge < -0.3 is 5.32 Å². The molecule has 3 heteroatoms. The van der Waals surface area contributed by atoms with Crippen LogP contribution < -0.4 is 5.32 Å². The molecule has 1 atom stereocenters. The molecule has 0 amide bonds. The fraction of sp³-hybridized carbons (Fsp3) is 0.250. The highest BCUT2D eigenvalue weighted by atomic mass is 19.1. The summed E-state index contributed by atoms with van der Waals surface area (Å²) < 4.78 is 26.8. The molecule has 1 N–H and O–H groups in total. The van der Waals surface area contributed by atoms with Gasteiger partial charge in [0.05, 0.1) is 6.04 Å². The molecule has 1 unspecified atom stereocenters. The highest BCUT2D eigenvalue weighted by Crippen LogP contribution is 2.22. The molecular weight excluding hydrogens is 244 g/mol. The third-order valence-electron chi connectivity index (χ3n) is 3.17. The fourth-order valence-electron chi connectivity index (χ4n) is 2.01. The van der Waals surface area contributed by atoms with E-state index in [-0.39, 0.29) is 6.04 Å². The third-order valence-corrected chi connectivity index (χ3v) is 3.17. The molecule has 2 rings (SSSR count). The lowest BCUT2D eigenvalue weighted by molar-refractivity contribution is 0.577. The van der Waals surface area contributed by atoms with Crippen LogP contribution >= 0.6 is 0 Å². The van der Waals surface area contributed by atoms with Crippen LogP contribution in [0.15, 0.2) is 42.5 Å². The molecule has 0 bridgehead atoms. The zero-order valence-electron chi connectivity index (χ0n) is 11.1. The lowest BCUT2D eigenvalue weighted by Crippen LogP contribution is -2.09. The minimum atomic E-state index is -0.425. The number of rotatable bonds is 4. The number of hydrogen-bond acceptors (Lipinski definition) is 1. The number of halogens is 2. The number of nitrogens with one attached hydrogen (secondary N) is 1. The van der Waals surface area contributed by atoms with Crippen LogP contribution in [0.25, 0.3) is 0 Å². The standard InChI is InChI=1S/C16H17F2N/c1-3-12-4-7-14(8-5-12)19-11(2)15-10-13(17)6-9-16(15)18/h4-11,19H,3H2,1-2H3. The van der Waals surface area contributed by atoms with E-state index in [1.807, 2.05) is 31.2 Å². The van der Waals surface area contributed by atoms with Gasteiger partial charge in [-0.2, -0.15) is 0 Å². The molecule has 2 aromatic rings. The smallest absolute Gasteiger partial charge is 0.128 e. The zero-order chi connectivity index (χ0) is 13.8. The summed E-state index contributed by atoms with van der Waals surface area (Å²) in [4.78, 5) is 0. The van der Waals surface area contributed by atoms with Crippen molar-refractivity contribution in [1.82, 2.24) is 0 Å². The number of anilines is 1. The van der Waals surface area contributed by atoms with E-state index in [2.05, 4.69) is 12.2 Å². The molecule has 0 heterocycles. The predicted molar refractivity (Wildman–Crippen MR) is 74.2 cm³/mol. The Morgan fingerprint density at radius 2 is 1.74 bits per heavy atom. The Morgan fingerprint density at radius 1 is 1.05 bits per heavy atom. The van der Waals surface area contributed by atoms with Gasteiger partial charge in [-0.3, -0.25) is 0 Å². The normalized spacial score (nSPS) is 12.2. The molecular formula is C16H17F2N. The van der Waals surface area contributed by atoms with Gasteiger partial charge in [0.15, 0.2) is 0 Å². The number of aryl methyl sites for hydroxylation is 1. The highest BCUT2D eigenvalue weighted by Gasteiger charge is 2.11. The summed E-state index contributed by atoms with van der Waals surface area (Å²) in [7, 11) is 0. The summed E-state index contributed by atoms with van der Waals surface area (Å²) in [5, 5.41) is 3.17. The average molecular weight is 261 g/mol. The molecule has 2 aromatic carbocycles. The van der Waals surface area contributed by atoms with Gasteiger partial charge in [-0.1, -0.05) is 19.1 Å². The van der Waals surface area contributed by atoms with E-state index in [0.717, 1.165) is 24.2 Å². The Labute approximate surface area is 112 Å². The van der Waals surface area contributed by atoms with E-state index in [9.17, 15) is 8.78 Å². The van der Waals surface area contributed by atoms with Gasteiger partial charge in [0.1, 0.15) is 11.6 Å². The van der Waals surface area contributed by atoms with Crippen LogP contribution in [0.1, 0.15) is 31.0 Å². The summed E-state index contributed by atoms with van der Waals surface area (Å²) in [6.45, 7) is 3.90. The van der Waals surface area contributed by atoms with Crippen molar-refractivity contribution in [2.45, 2.75) is 26.3 Å². The van der Waals surface area contributed by atoms with Crippen molar-refractivity contribution in [1.29, 1.82) is 0 Å². The molecule has 0 aliphatic heterocycles. The molecule has 0 saturated carbocycles. The molecule has 19 heavy (non-hydrogen) atoms. The summed E-state index contributed by atoms with van der Waals surface area (Å²) >= 11 is 0. The first kappa shape index (κ1) is 13.5. The Bertz CT molecular complexity index is 549. The molecule has 0 saturated heterocycles. The summed E-state index contributed by atoms with van der Waals surface area (Å²) in [5.41, 5.74) is 2.48. The van der Waals surface area contributed by atoms with E-state index >= 15 is 0 Å². The third kappa shape index (κ3) is 3.31. The maximum atomic E-state index is 13.6. The van der Waals surface area contributed by atoms with Gasteiger partial charge in [-0.05, 0) is 49.2 Å². The Balaban J connectivity index is 2.15. The molecule has 0 radical (unpaired) electrons. The molecule has 0 spiro atoms. The monoisotopic (exact) mass is 261 g/mol. The van der Waals surface area contributed by atoms with Crippen molar-refractivity contribution in [3.05, 3.63) is 65.2 Å². The molecule has 0 fully saturated rings. The first-order chi connectivity index (χ1) is 9.10. The predicted octanol–water partition coefficient (Wildman–Crippen LogP) is 4.70. The van der Waals surface area contributed by atoms with Crippen LogP contribution in [-0.4, -0.2) is 0 Å². The highest BCUT2D eigenvalue weighted by molar-refractivity contribution is 5.46.